The largest absolute Gasteiger partial charge is 0.268 e. The Hall–Kier alpha value is -0.980. The number of carbonyl (C=O) groups is 2. The standard InChI is InChI=1S/C15H8Br3NO2/c1-7-10(16)6-11(17)13(12(7)18)19-14(20)8-4-2-3-5-9(8)15(19)21/h2-6H,1H3. The number of benzene rings is 2. The Morgan fingerprint density at radius 3 is 1.95 bits per heavy atom. The average molecular weight is 474 g/mol. The van der Waals surface area contributed by atoms with Crippen molar-refractivity contribution in [3.05, 3.63) is 60.4 Å². The number of carbonyl (C=O) groups excluding carboxylic acids is 2. The lowest BCUT2D eigenvalue weighted by molar-refractivity contribution is 0.0926. The number of hydrogen-bond acceptors (Lipinski definition) is 2. The van der Waals surface area contributed by atoms with E-state index in [9.17, 15) is 9.59 Å². The molecule has 21 heavy (non-hydrogen) atoms. The number of hydrogen-bond donors (Lipinski definition) is 0. The van der Waals surface area contributed by atoms with Gasteiger partial charge in [-0.05, 0) is 62.5 Å². The Morgan fingerprint density at radius 1 is 0.905 bits per heavy atom. The first-order chi connectivity index (χ1) is 9.93. The molecule has 2 amide bonds. The summed E-state index contributed by atoms with van der Waals surface area (Å²) in [7, 11) is 0. The Kier molecular flexibility index (Phi) is 3.80. The predicted octanol–water partition coefficient (Wildman–Crippen LogP) is 5.08. The Bertz CT molecular complexity index is 767. The van der Waals surface area contributed by atoms with Crippen molar-refractivity contribution in [2.75, 3.05) is 4.90 Å². The second-order valence-corrected chi connectivity index (χ2v) is 7.12. The van der Waals surface area contributed by atoms with Gasteiger partial charge in [0.2, 0.25) is 0 Å². The summed E-state index contributed by atoms with van der Waals surface area (Å²) in [4.78, 5) is 26.3. The van der Waals surface area contributed by atoms with Gasteiger partial charge in [-0.1, -0.05) is 28.1 Å². The van der Waals surface area contributed by atoms with Crippen LogP contribution in [0.5, 0.6) is 0 Å². The summed E-state index contributed by atoms with van der Waals surface area (Å²) in [6, 6.07) is 8.68. The first kappa shape index (κ1) is 14.9. The van der Waals surface area contributed by atoms with E-state index in [-0.39, 0.29) is 11.8 Å². The number of amides is 2. The summed E-state index contributed by atoms with van der Waals surface area (Å²) >= 11 is 10.4. The Balaban J connectivity index is 2.23. The van der Waals surface area contributed by atoms with Crippen LogP contribution in [0.15, 0.2) is 43.7 Å². The number of halogens is 3. The fraction of sp³-hybridized carbons (Fsp3) is 0.0667. The lowest BCUT2D eigenvalue weighted by Crippen LogP contribution is -2.30. The van der Waals surface area contributed by atoms with Gasteiger partial charge in [-0.25, -0.2) is 4.90 Å². The third-order valence-corrected chi connectivity index (χ3v) is 5.79. The van der Waals surface area contributed by atoms with Crippen molar-refractivity contribution in [1.29, 1.82) is 0 Å². The summed E-state index contributed by atoms with van der Waals surface area (Å²) in [6.07, 6.45) is 0. The van der Waals surface area contributed by atoms with Crippen molar-refractivity contribution in [1.82, 2.24) is 0 Å². The maximum Gasteiger partial charge on any atom is 0.266 e. The fourth-order valence-electron chi connectivity index (χ4n) is 2.27. The van der Waals surface area contributed by atoms with Gasteiger partial charge in [0.05, 0.1) is 16.8 Å². The van der Waals surface area contributed by atoms with Gasteiger partial charge >= 0.3 is 0 Å². The van der Waals surface area contributed by atoms with E-state index in [2.05, 4.69) is 47.8 Å². The molecule has 0 atom stereocenters. The predicted molar refractivity (Wildman–Crippen MR) is 91.9 cm³/mol. The number of nitrogens with zero attached hydrogens (tertiary/aromatic N) is 1. The first-order valence-electron chi connectivity index (χ1n) is 6.05. The Morgan fingerprint density at radius 2 is 1.43 bits per heavy atom. The van der Waals surface area contributed by atoms with Crippen molar-refractivity contribution >= 4 is 65.3 Å². The number of anilines is 1. The molecule has 0 radical (unpaired) electrons. The van der Waals surface area contributed by atoms with Crippen molar-refractivity contribution in [2.24, 2.45) is 0 Å². The molecule has 0 N–H and O–H groups in total. The van der Waals surface area contributed by atoms with Crippen molar-refractivity contribution in [3.8, 4) is 0 Å². The summed E-state index contributed by atoms with van der Waals surface area (Å²) < 4.78 is 2.27. The summed E-state index contributed by atoms with van der Waals surface area (Å²) in [5.74, 6) is -0.613. The van der Waals surface area contributed by atoms with E-state index in [0.29, 0.717) is 25.8 Å². The maximum absolute atomic E-state index is 12.6. The highest BCUT2D eigenvalue weighted by atomic mass is 79.9. The molecule has 2 aromatic rings. The van der Waals surface area contributed by atoms with Gasteiger partial charge < -0.3 is 0 Å². The van der Waals surface area contributed by atoms with E-state index in [4.69, 9.17) is 0 Å². The smallest absolute Gasteiger partial charge is 0.266 e. The van der Waals surface area contributed by atoms with Crippen LogP contribution in [0.1, 0.15) is 26.3 Å². The van der Waals surface area contributed by atoms with E-state index >= 15 is 0 Å². The molecule has 1 aliphatic heterocycles. The highest BCUT2D eigenvalue weighted by Crippen LogP contribution is 2.43. The summed E-state index contributed by atoms with van der Waals surface area (Å²) in [5.41, 5.74) is 2.32. The molecule has 0 unspecified atom stereocenters. The fourth-order valence-corrected chi connectivity index (χ4v) is 4.75. The van der Waals surface area contributed by atoms with Crippen LogP contribution in [0, 0.1) is 6.92 Å². The molecule has 106 valence electrons. The minimum absolute atomic E-state index is 0.307. The molecule has 0 saturated carbocycles. The maximum atomic E-state index is 12.6. The van der Waals surface area contributed by atoms with Gasteiger partial charge in [-0.2, -0.15) is 0 Å². The molecule has 0 aromatic heterocycles. The monoisotopic (exact) mass is 471 g/mol. The number of rotatable bonds is 1. The van der Waals surface area contributed by atoms with Crippen LogP contribution >= 0.6 is 47.8 Å². The normalized spacial score (nSPS) is 13.8. The van der Waals surface area contributed by atoms with Gasteiger partial charge in [0.15, 0.2) is 0 Å². The molecule has 0 aliphatic carbocycles. The van der Waals surface area contributed by atoms with Crippen LogP contribution in [0.3, 0.4) is 0 Å². The highest BCUT2D eigenvalue weighted by molar-refractivity contribution is 9.11. The van der Waals surface area contributed by atoms with Crippen LogP contribution in [-0.4, -0.2) is 11.8 Å². The molecule has 3 nitrogen and oxygen atoms in total. The zero-order valence-electron chi connectivity index (χ0n) is 10.8. The van der Waals surface area contributed by atoms with Gasteiger partial charge in [-0.15, -0.1) is 0 Å². The van der Waals surface area contributed by atoms with Crippen molar-refractivity contribution in [2.45, 2.75) is 6.92 Å². The summed E-state index contributed by atoms with van der Waals surface area (Å²) in [6.45, 7) is 1.91. The zero-order chi connectivity index (χ0) is 15.3. The van der Waals surface area contributed by atoms with Crippen LogP contribution in [0.25, 0.3) is 0 Å². The minimum atomic E-state index is -0.307. The minimum Gasteiger partial charge on any atom is -0.268 e. The lowest BCUT2D eigenvalue weighted by Gasteiger charge is -2.19. The van der Waals surface area contributed by atoms with Gasteiger partial charge in [0.1, 0.15) is 0 Å². The second-order valence-electron chi connectivity index (χ2n) is 4.62. The van der Waals surface area contributed by atoms with Crippen LogP contribution in [0.4, 0.5) is 5.69 Å². The van der Waals surface area contributed by atoms with Crippen LogP contribution < -0.4 is 4.90 Å². The number of fused-ring (bicyclic) bond motifs is 1. The summed E-state index contributed by atoms with van der Waals surface area (Å²) in [5, 5.41) is 0. The molecule has 2 aromatic carbocycles. The van der Waals surface area contributed by atoms with E-state index in [1.165, 1.54) is 4.90 Å². The van der Waals surface area contributed by atoms with Gasteiger partial charge in [-0.3, -0.25) is 9.59 Å². The molecule has 6 heteroatoms. The quantitative estimate of drug-likeness (QED) is 0.541. The molecule has 0 fully saturated rings. The third kappa shape index (κ3) is 2.20. The lowest BCUT2D eigenvalue weighted by atomic mass is 10.1. The zero-order valence-corrected chi connectivity index (χ0v) is 15.5. The average Bonchev–Trinajstić information content (AvgIpc) is 2.71. The van der Waals surface area contributed by atoms with Crippen LogP contribution in [0.2, 0.25) is 0 Å². The van der Waals surface area contributed by atoms with E-state index < -0.39 is 0 Å². The van der Waals surface area contributed by atoms with Gasteiger partial charge in [0, 0.05) is 13.4 Å². The van der Waals surface area contributed by atoms with Crippen molar-refractivity contribution in [3.63, 3.8) is 0 Å². The molecule has 3 rings (SSSR count). The molecule has 0 saturated heterocycles. The van der Waals surface area contributed by atoms with E-state index in [0.717, 1.165) is 10.0 Å². The van der Waals surface area contributed by atoms with E-state index in [1.807, 2.05) is 13.0 Å². The van der Waals surface area contributed by atoms with Crippen molar-refractivity contribution < 1.29 is 9.59 Å². The third-order valence-electron chi connectivity index (χ3n) is 3.39. The first-order valence-corrected chi connectivity index (χ1v) is 8.43. The highest BCUT2D eigenvalue weighted by Gasteiger charge is 2.38. The molecule has 1 heterocycles. The molecule has 0 spiro atoms. The van der Waals surface area contributed by atoms with Crippen LogP contribution in [-0.2, 0) is 0 Å². The van der Waals surface area contributed by atoms with E-state index in [1.54, 1.807) is 24.3 Å². The second kappa shape index (κ2) is 5.34. The molecule has 1 aliphatic rings. The topological polar surface area (TPSA) is 37.4 Å². The van der Waals surface area contributed by atoms with Gasteiger partial charge in [0.25, 0.3) is 11.8 Å². The molecular weight excluding hydrogens is 466 g/mol. The molecule has 0 bridgehead atoms. The molecular formula is C15H8Br3NO2. The SMILES string of the molecule is Cc1c(Br)cc(Br)c(N2C(=O)c3ccccc3C2=O)c1Br. The number of imide groups is 1. The Labute approximate surface area is 146 Å².